The van der Waals surface area contributed by atoms with E-state index in [1.54, 1.807) is 31.2 Å². The van der Waals surface area contributed by atoms with E-state index in [1.165, 1.54) is 12.1 Å². The molecule has 152 valence electrons. The fourth-order valence-electron chi connectivity index (χ4n) is 2.93. The number of carbonyl (C=O) groups excluding carboxylic acids is 1. The summed E-state index contributed by atoms with van der Waals surface area (Å²) in [5.41, 5.74) is -1.20. The summed E-state index contributed by atoms with van der Waals surface area (Å²) in [6.07, 6.45) is -4.44. The van der Waals surface area contributed by atoms with Crippen molar-refractivity contribution in [3.8, 4) is 0 Å². The molecule has 6 nitrogen and oxygen atoms in total. The highest BCUT2D eigenvalue weighted by molar-refractivity contribution is 5.80. The van der Waals surface area contributed by atoms with Crippen molar-refractivity contribution in [2.45, 2.75) is 32.8 Å². The van der Waals surface area contributed by atoms with Crippen LogP contribution in [0, 0.1) is 0 Å². The van der Waals surface area contributed by atoms with Gasteiger partial charge in [-0.15, -0.1) is 0 Å². The first-order valence-corrected chi connectivity index (χ1v) is 8.76. The Balaban J connectivity index is 1.80. The van der Waals surface area contributed by atoms with Crippen LogP contribution >= 0.6 is 0 Å². The SMILES string of the molecule is CCn1c(=O)c2ccccc2n(CC(=O)OCc2ccc(C(F)(F)F)cc2)c1=O. The van der Waals surface area contributed by atoms with Crippen LogP contribution in [0.4, 0.5) is 13.2 Å². The lowest BCUT2D eigenvalue weighted by atomic mass is 10.1. The van der Waals surface area contributed by atoms with Crippen LogP contribution < -0.4 is 11.2 Å². The Hall–Kier alpha value is -3.36. The Labute approximate surface area is 162 Å². The van der Waals surface area contributed by atoms with Crippen molar-refractivity contribution in [3.05, 3.63) is 80.5 Å². The molecule has 0 saturated carbocycles. The predicted molar refractivity (Wildman–Crippen MR) is 99.4 cm³/mol. The molecule has 29 heavy (non-hydrogen) atoms. The van der Waals surface area contributed by atoms with Gasteiger partial charge in [0.05, 0.1) is 16.5 Å². The molecule has 3 aromatic rings. The summed E-state index contributed by atoms with van der Waals surface area (Å²) in [5, 5.41) is 0.296. The summed E-state index contributed by atoms with van der Waals surface area (Å²) >= 11 is 0. The molecule has 0 fully saturated rings. The minimum absolute atomic E-state index is 0.142. The molecule has 1 aromatic heterocycles. The van der Waals surface area contributed by atoms with Crippen molar-refractivity contribution in [2.24, 2.45) is 0 Å². The molecule has 9 heteroatoms. The molecule has 0 radical (unpaired) electrons. The number of fused-ring (bicyclic) bond motifs is 1. The van der Waals surface area contributed by atoms with Gasteiger partial charge in [0, 0.05) is 6.54 Å². The van der Waals surface area contributed by atoms with Crippen molar-refractivity contribution in [1.82, 2.24) is 9.13 Å². The molecule has 0 aliphatic heterocycles. The van der Waals surface area contributed by atoms with Crippen LogP contribution in [0.25, 0.3) is 10.9 Å². The number of para-hydroxylation sites is 1. The van der Waals surface area contributed by atoms with Crippen LogP contribution in [0.1, 0.15) is 18.1 Å². The highest BCUT2D eigenvalue weighted by Crippen LogP contribution is 2.29. The third-order valence-corrected chi connectivity index (χ3v) is 4.42. The van der Waals surface area contributed by atoms with E-state index in [0.29, 0.717) is 16.5 Å². The largest absolute Gasteiger partial charge is 0.459 e. The van der Waals surface area contributed by atoms with Gasteiger partial charge in [0.1, 0.15) is 13.2 Å². The fraction of sp³-hybridized carbons (Fsp3) is 0.250. The molecule has 0 spiro atoms. The third kappa shape index (κ3) is 4.23. The number of halogens is 3. The van der Waals surface area contributed by atoms with Crippen LogP contribution in [0.5, 0.6) is 0 Å². The molecular weight excluding hydrogens is 389 g/mol. The summed E-state index contributed by atoms with van der Waals surface area (Å²) in [7, 11) is 0. The zero-order valence-corrected chi connectivity index (χ0v) is 15.4. The van der Waals surface area contributed by atoms with Gasteiger partial charge in [-0.3, -0.25) is 18.7 Å². The topological polar surface area (TPSA) is 70.3 Å². The lowest BCUT2D eigenvalue weighted by Crippen LogP contribution is -2.40. The van der Waals surface area contributed by atoms with Crippen LogP contribution in [-0.2, 0) is 35.4 Å². The maximum absolute atomic E-state index is 12.6. The lowest BCUT2D eigenvalue weighted by Gasteiger charge is -2.13. The number of benzene rings is 2. The summed E-state index contributed by atoms with van der Waals surface area (Å²) < 4.78 is 45.0. The molecule has 0 unspecified atom stereocenters. The van der Waals surface area contributed by atoms with E-state index >= 15 is 0 Å². The second-order valence-corrected chi connectivity index (χ2v) is 6.29. The molecule has 0 bridgehead atoms. The van der Waals surface area contributed by atoms with E-state index in [9.17, 15) is 27.6 Å². The predicted octanol–water partition coefficient (Wildman–Crippen LogP) is 2.95. The number of hydrogen-bond acceptors (Lipinski definition) is 4. The molecule has 0 atom stereocenters. The van der Waals surface area contributed by atoms with Gasteiger partial charge in [-0.25, -0.2) is 4.79 Å². The van der Waals surface area contributed by atoms with Gasteiger partial charge in [0.15, 0.2) is 0 Å². The second-order valence-electron chi connectivity index (χ2n) is 6.29. The second kappa shape index (κ2) is 7.94. The van der Waals surface area contributed by atoms with E-state index in [2.05, 4.69) is 0 Å². The Morgan fingerprint density at radius 3 is 2.28 bits per heavy atom. The Morgan fingerprint density at radius 1 is 1.00 bits per heavy atom. The Morgan fingerprint density at radius 2 is 1.66 bits per heavy atom. The van der Waals surface area contributed by atoms with Gasteiger partial charge in [-0.05, 0) is 36.8 Å². The van der Waals surface area contributed by atoms with Gasteiger partial charge in [-0.2, -0.15) is 13.2 Å². The first kappa shape index (κ1) is 20.4. The first-order chi connectivity index (χ1) is 13.7. The van der Waals surface area contributed by atoms with Gasteiger partial charge in [-0.1, -0.05) is 24.3 Å². The van der Waals surface area contributed by atoms with Gasteiger partial charge >= 0.3 is 17.8 Å². The van der Waals surface area contributed by atoms with Crippen LogP contribution in [-0.4, -0.2) is 15.1 Å². The summed E-state index contributed by atoms with van der Waals surface area (Å²) in [6, 6.07) is 10.7. The van der Waals surface area contributed by atoms with Crippen LogP contribution in [0.3, 0.4) is 0 Å². The van der Waals surface area contributed by atoms with Crippen LogP contribution in [0.15, 0.2) is 58.1 Å². The van der Waals surface area contributed by atoms with Crippen molar-refractivity contribution < 1.29 is 22.7 Å². The zero-order chi connectivity index (χ0) is 21.2. The highest BCUT2D eigenvalue weighted by atomic mass is 19.4. The summed E-state index contributed by atoms with van der Waals surface area (Å²) in [4.78, 5) is 37.2. The third-order valence-electron chi connectivity index (χ3n) is 4.42. The van der Waals surface area contributed by atoms with Gasteiger partial charge in [0.2, 0.25) is 0 Å². The van der Waals surface area contributed by atoms with Gasteiger partial charge < -0.3 is 4.74 Å². The minimum Gasteiger partial charge on any atom is -0.459 e. The molecule has 0 aliphatic carbocycles. The molecule has 1 heterocycles. The van der Waals surface area contributed by atoms with E-state index < -0.39 is 35.5 Å². The molecule has 0 saturated heterocycles. The molecule has 0 N–H and O–H groups in total. The van der Waals surface area contributed by atoms with Crippen molar-refractivity contribution in [3.63, 3.8) is 0 Å². The number of aromatic nitrogens is 2. The smallest absolute Gasteiger partial charge is 0.416 e. The van der Waals surface area contributed by atoms with Crippen molar-refractivity contribution in [1.29, 1.82) is 0 Å². The minimum atomic E-state index is -4.44. The standard InChI is InChI=1S/C20H17F3N2O4/c1-2-24-18(27)15-5-3-4-6-16(15)25(19(24)28)11-17(26)29-12-13-7-9-14(10-8-13)20(21,22)23/h3-10H,2,11-12H2,1H3. The fourth-order valence-corrected chi connectivity index (χ4v) is 2.93. The molecule has 2 aromatic carbocycles. The average molecular weight is 406 g/mol. The number of alkyl halides is 3. The number of hydrogen-bond donors (Lipinski definition) is 0. The van der Waals surface area contributed by atoms with E-state index in [1.807, 2.05) is 0 Å². The van der Waals surface area contributed by atoms with Crippen molar-refractivity contribution in [2.75, 3.05) is 0 Å². The van der Waals surface area contributed by atoms with Crippen molar-refractivity contribution >= 4 is 16.9 Å². The number of rotatable bonds is 5. The maximum Gasteiger partial charge on any atom is 0.416 e. The first-order valence-electron chi connectivity index (χ1n) is 8.76. The van der Waals surface area contributed by atoms with E-state index in [4.69, 9.17) is 4.74 Å². The zero-order valence-electron chi connectivity index (χ0n) is 15.4. The number of ether oxygens (including phenoxy) is 1. The van der Waals surface area contributed by atoms with E-state index in [0.717, 1.165) is 21.3 Å². The normalized spacial score (nSPS) is 11.6. The Kier molecular flexibility index (Phi) is 5.58. The molecule has 0 aliphatic rings. The monoisotopic (exact) mass is 406 g/mol. The van der Waals surface area contributed by atoms with E-state index in [-0.39, 0.29) is 13.2 Å². The Bertz CT molecular complexity index is 1160. The average Bonchev–Trinajstić information content (AvgIpc) is 2.69. The molecule has 3 rings (SSSR count). The maximum atomic E-state index is 12.6. The molecular formula is C20H17F3N2O4. The highest BCUT2D eigenvalue weighted by Gasteiger charge is 2.29. The van der Waals surface area contributed by atoms with Crippen LogP contribution in [0.2, 0.25) is 0 Å². The quantitative estimate of drug-likeness (QED) is 0.611. The summed E-state index contributed by atoms with van der Waals surface area (Å²) in [6.45, 7) is 1.12. The molecule has 0 amide bonds. The lowest BCUT2D eigenvalue weighted by molar-refractivity contribution is -0.145. The number of carbonyl (C=O) groups is 1. The number of esters is 1. The number of nitrogens with zero attached hydrogens (tertiary/aromatic N) is 2. The van der Waals surface area contributed by atoms with Gasteiger partial charge in [0.25, 0.3) is 5.56 Å². The summed E-state index contributed by atoms with van der Waals surface area (Å²) in [5.74, 6) is -0.751.